The highest BCUT2D eigenvalue weighted by Gasteiger charge is 2.38. The Bertz CT molecular complexity index is 850. The first-order valence-corrected chi connectivity index (χ1v) is 8.60. The van der Waals surface area contributed by atoms with Gasteiger partial charge in [0.25, 0.3) is 0 Å². The minimum Gasteiger partial charge on any atom is -0.493 e. The number of hydrogen-bond acceptors (Lipinski definition) is 7. The molecule has 7 nitrogen and oxygen atoms in total. The van der Waals surface area contributed by atoms with Gasteiger partial charge in [0.05, 0.1) is 21.3 Å². The van der Waals surface area contributed by atoms with E-state index in [4.69, 9.17) is 28.4 Å². The van der Waals surface area contributed by atoms with Crippen molar-refractivity contribution in [3.63, 3.8) is 0 Å². The Kier molecular flexibility index (Phi) is 4.19. The Morgan fingerprint density at radius 1 is 0.926 bits per heavy atom. The summed E-state index contributed by atoms with van der Waals surface area (Å²) >= 11 is 0. The zero-order chi connectivity index (χ0) is 19.2. The van der Waals surface area contributed by atoms with Crippen molar-refractivity contribution in [3.8, 4) is 34.5 Å². The highest BCUT2D eigenvalue weighted by atomic mass is 16.7. The Morgan fingerprint density at radius 2 is 1.56 bits per heavy atom. The fourth-order valence-corrected chi connectivity index (χ4v) is 3.67. The van der Waals surface area contributed by atoms with Crippen molar-refractivity contribution in [2.24, 2.45) is 0 Å². The number of hydrogen-bond donors (Lipinski definition) is 1. The second kappa shape index (κ2) is 6.42. The van der Waals surface area contributed by atoms with Crippen molar-refractivity contribution < 1.29 is 33.5 Å². The van der Waals surface area contributed by atoms with Gasteiger partial charge in [-0.25, -0.2) is 0 Å². The zero-order valence-electron chi connectivity index (χ0n) is 15.7. The smallest absolute Gasteiger partial charge is 0.231 e. The molecule has 2 heterocycles. The number of ether oxygens (including phenoxy) is 6. The van der Waals surface area contributed by atoms with Crippen molar-refractivity contribution in [2.75, 3.05) is 28.1 Å². The van der Waals surface area contributed by atoms with Gasteiger partial charge in [-0.3, -0.25) is 0 Å². The van der Waals surface area contributed by atoms with Crippen LogP contribution in [0.3, 0.4) is 0 Å². The van der Waals surface area contributed by atoms with Crippen LogP contribution in [-0.4, -0.2) is 39.0 Å². The van der Waals surface area contributed by atoms with Gasteiger partial charge in [-0.15, -0.1) is 0 Å². The van der Waals surface area contributed by atoms with Crippen molar-refractivity contribution in [1.82, 2.24) is 0 Å². The van der Waals surface area contributed by atoms with E-state index in [1.54, 1.807) is 34.3 Å². The summed E-state index contributed by atoms with van der Waals surface area (Å²) in [6, 6.07) is 7.45. The molecule has 2 aromatic rings. The summed E-state index contributed by atoms with van der Waals surface area (Å²) in [6.45, 7) is 1.81. The molecule has 27 heavy (non-hydrogen) atoms. The fraction of sp³-hybridized carbons (Fsp3) is 0.400. The number of methoxy groups -OCH3 is 3. The molecule has 0 aromatic heterocycles. The molecule has 0 saturated heterocycles. The molecule has 0 fully saturated rings. The van der Waals surface area contributed by atoms with Gasteiger partial charge in [0.1, 0.15) is 5.75 Å². The molecule has 0 spiro atoms. The SMILES string of the molecule is COc1cc([C@@H]2C[C@@](C)(O)Oc3cc4c(cc32)OCO4)cc(OC)c1OC. The maximum atomic E-state index is 10.7. The predicted octanol–water partition coefficient (Wildman–Crippen LogP) is 3.06. The van der Waals surface area contributed by atoms with Crippen LogP contribution < -0.4 is 28.4 Å². The van der Waals surface area contributed by atoms with Crippen LogP contribution in [0, 0.1) is 0 Å². The topological polar surface area (TPSA) is 75.6 Å². The van der Waals surface area contributed by atoms with Crippen LogP contribution in [0.25, 0.3) is 0 Å². The molecule has 2 aromatic carbocycles. The second-order valence-corrected chi connectivity index (χ2v) is 6.74. The predicted molar refractivity (Wildman–Crippen MR) is 96.4 cm³/mol. The van der Waals surface area contributed by atoms with Crippen molar-refractivity contribution in [3.05, 3.63) is 35.4 Å². The maximum absolute atomic E-state index is 10.7. The van der Waals surface area contributed by atoms with Gasteiger partial charge in [0.15, 0.2) is 23.0 Å². The first-order valence-electron chi connectivity index (χ1n) is 8.60. The lowest BCUT2D eigenvalue weighted by Crippen LogP contribution is -2.38. The largest absolute Gasteiger partial charge is 0.493 e. The van der Waals surface area contributed by atoms with E-state index in [-0.39, 0.29) is 12.7 Å². The van der Waals surface area contributed by atoms with Gasteiger partial charge in [-0.2, -0.15) is 0 Å². The van der Waals surface area contributed by atoms with E-state index in [1.807, 2.05) is 18.2 Å². The Hall–Kier alpha value is -2.80. The van der Waals surface area contributed by atoms with Gasteiger partial charge >= 0.3 is 0 Å². The second-order valence-electron chi connectivity index (χ2n) is 6.74. The minimum absolute atomic E-state index is 0.160. The minimum atomic E-state index is -1.33. The maximum Gasteiger partial charge on any atom is 0.231 e. The molecule has 7 heteroatoms. The normalized spacial score (nSPS) is 22.6. The molecule has 0 aliphatic carbocycles. The molecular weight excluding hydrogens is 352 g/mol. The monoisotopic (exact) mass is 374 g/mol. The van der Waals surface area contributed by atoms with Crippen molar-refractivity contribution in [2.45, 2.75) is 25.0 Å². The summed E-state index contributed by atoms with van der Waals surface area (Å²) in [5, 5.41) is 10.7. The van der Waals surface area contributed by atoms with Crippen molar-refractivity contribution >= 4 is 0 Å². The van der Waals surface area contributed by atoms with E-state index >= 15 is 0 Å². The molecule has 0 radical (unpaired) electrons. The van der Waals surface area contributed by atoms with E-state index in [1.165, 1.54) is 0 Å². The molecular formula is C20H22O7. The van der Waals surface area contributed by atoms with E-state index in [2.05, 4.69) is 0 Å². The molecule has 0 bridgehead atoms. The third-order valence-electron chi connectivity index (χ3n) is 4.88. The van der Waals surface area contributed by atoms with E-state index < -0.39 is 5.79 Å². The van der Waals surface area contributed by atoms with Crippen LogP contribution in [0.4, 0.5) is 0 Å². The van der Waals surface area contributed by atoms with Gasteiger partial charge in [-0.05, 0) is 23.8 Å². The standard InChI is InChI=1S/C20H22O7/c1-20(21)9-13(11-5-17(22-2)19(24-4)18(6-11)23-3)12-7-15-16(26-10-25-15)8-14(12)27-20/h5-8,13,21H,9-10H2,1-4H3/t13-,20-/m0/s1. The number of benzene rings is 2. The molecule has 2 aliphatic heterocycles. The lowest BCUT2D eigenvalue weighted by molar-refractivity contribution is -0.137. The quantitative estimate of drug-likeness (QED) is 0.881. The lowest BCUT2D eigenvalue weighted by Gasteiger charge is -2.36. The van der Waals surface area contributed by atoms with E-state index in [0.29, 0.717) is 40.9 Å². The Morgan fingerprint density at radius 3 is 2.15 bits per heavy atom. The van der Waals surface area contributed by atoms with E-state index in [9.17, 15) is 5.11 Å². The molecule has 144 valence electrons. The molecule has 0 unspecified atom stereocenters. The van der Waals surface area contributed by atoms with Gasteiger partial charge in [0.2, 0.25) is 18.3 Å². The lowest BCUT2D eigenvalue weighted by atomic mass is 9.83. The number of fused-ring (bicyclic) bond motifs is 2. The third kappa shape index (κ3) is 2.98. The number of aliphatic hydroxyl groups is 1. The summed E-state index contributed by atoms with van der Waals surface area (Å²) < 4.78 is 33.1. The van der Waals surface area contributed by atoms with Crippen LogP contribution >= 0.6 is 0 Å². The molecule has 1 N–H and O–H groups in total. The van der Waals surface area contributed by atoms with Crippen LogP contribution in [0.1, 0.15) is 30.4 Å². The highest BCUT2D eigenvalue weighted by Crippen LogP contribution is 2.51. The summed E-state index contributed by atoms with van der Waals surface area (Å²) in [5.74, 6) is 1.98. The van der Waals surface area contributed by atoms with Crippen LogP contribution in [0.15, 0.2) is 24.3 Å². The molecule has 2 atom stereocenters. The van der Waals surface area contributed by atoms with Crippen LogP contribution in [0.5, 0.6) is 34.5 Å². The molecule has 0 amide bonds. The Labute approximate surface area is 157 Å². The summed E-state index contributed by atoms with van der Waals surface area (Å²) in [6.07, 6.45) is 0.359. The van der Waals surface area contributed by atoms with Gasteiger partial charge < -0.3 is 33.5 Å². The first kappa shape index (κ1) is 17.6. The zero-order valence-corrected chi connectivity index (χ0v) is 15.7. The van der Waals surface area contributed by atoms with Crippen LogP contribution in [0.2, 0.25) is 0 Å². The average Bonchev–Trinajstić information content (AvgIpc) is 3.11. The Balaban J connectivity index is 1.87. The summed E-state index contributed by atoms with van der Waals surface area (Å²) in [5.41, 5.74) is 1.81. The number of rotatable bonds is 4. The summed E-state index contributed by atoms with van der Waals surface area (Å²) in [7, 11) is 4.72. The van der Waals surface area contributed by atoms with Gasteiger partial charge in [-0.1, -0.05) is 0 Å². The van der Waals surface area contributed by atoms with Gasteiger partial charge in [0, 0.05) is 30.9 Å². The molecule has 4 rings (SSSR count). The average molecular weight is 374 g/mol. The fourth-order valence-electron chi connectivity index (χ4n) is 3.67. The van der Waals surface area contributed by atoms with Crippen LogP contribution in [-0.2, 0) is 0 Å². The van der Waals surface area contributed by atoms with E-state index in [0.717, 1.165) is 11.1 Å². The third-order valence-corrected chi connectivity index (χ3v) is 4.88. The first-order chi connectivity index (χ1) is 13.0. The molecule has 2 aliphatic rings. The summed E-state index contributed by atoms with van der Waals surface area (Å²) in [4.78, 5) is 0. The van der Waals surface area contributed by atoms with Crippen molar-refractivity contribution in [1.29, 1.82) is 0 Å². The molecule has 0 saturated carbocycles. The highest BCUT2D eigenvalue weighted by molar-refractivity contribution is 5.59.